The summed E-state index contributed by atoms with van der Waals surface area (Å²) < 4.78 is 19.0. The number of hydrogen-bond acceptors (Lipinski definition) is 4. The molecule has 0 atom stereocenters. The van der Waals surface area contributed by atoms with Gasteiger partial charge in [-0.1, -0.05) is 18.2 Å². The molecule has 0 aliphatic carbocycles. The van der Waals surface area contributed by atoms with Gasteiger partial charge in [0.15, 0.2) is 11.6 Å². The van der Waals surface area contributed by atoms with Crippen molar-refractivity contribution in [2.24, 2.45) is 0 Å². The topological polar surface area (TPSA) is 71.5 Å². The summed E-state index contributed by atoms with van der Waals surface area (Å²) in [5, 5.41) is 11.7. The monoisotopic (exact) mass is 276 g/mol. The summed E-state index contributed by atoms with van der Waals surface area (Å²) in [5.74, 6) is -2.36. The van der Waals surface area contributed by atoms with Crippen molar-refractivity contribution in [3.63, 3.8) is 0 Å². The second kappa shape index (κ2) is 6.12. The maximum Gasteiger partial charge on any atom is 0.338 e. The lowest BCUT2D eigenvalue weighted by Crippen LogP contribution is -2.06. The quantitative estimate of drug-likeness (QED) is 0.878. The minimum absolute atomic E-state index is 0.131. The number of para-hydroxylation sites is 1. The lowest BCUT2D eigenvalue weighted by Gasteiger charge is -2.12. The van der Waals surface area contributed by atoms with Crippen LogP contribution in [-0.4, -0.2) is 23.2 Å². The van der Waals surface area contributed by atoms with E-state index in [9.17, 15) is 9.18 Å². The lowest BCUT2D eigenvalue weighted by atomic mass is 10.2. The smallest absolute Gasteiger partial charge is 0.338 e. The molecule has 0 unspecified atom stereocenters. The maximum absolute atomic E-state index is 14.0. The van der Waals surface area contributed by atoms with Crippen LogP contribution in [0.4, 0.5) is 15.9 Å². The predicted molar refractivity (Wildman–Crippen MR) is 71.6 cm³/mol. The van der Waals surface area contributed by atoms with Crippen LogP contribution in [0.2, 0.25) is 0 Å². The van der Waals surface area contributed by atoms with Gasteiger partial charge in [-0.05, 0) is 12.1 Å². The van der Waals surface area contributed by atoms with E-state index in [1.54, 1.807) is 19.2 Å². The zero-order chi connectivity index (χ0) is 14.5. The third-order valence-electron chi connectivity index (χ3n) is 2.69. The minimum atomic E-state index is -1.34. The molecule has 20 heavy (non-hydrogen) atoms. The molecule has 0 fully saturated rings. The van der Waals surface area contributed by atoms with Gasteiger partial charge in [-0.25, -0.2) is 14.2 Å². The molecule has 1 aromatic carbocycles. The molecular formula is C14H13FN2O3. The Hall–Kier alpha value is -2.47. The fourth-order valence-corrected chi connectivity index (χ4v) is 1.75. The molecule has 0 bridgehead atoms. The Balaban J connectivity index is 2.35. The van der Waals surface area contributed by atoms with Gasteiger partial charge in [0.05, 0.1) is 6.61 Å². The van der Waals surface area contributed by atoms with Crippen molar-refractivity contribution >= 4 is 17.5 Å². The molecule has 0 radical (unpaired) electrons. The first-order valence-electron chi connectivity index (χ1n) is 5.85. The third kappa shape index (κ3) is 2.92. The van der Waals surface area contributed by atoms with Gasteiger partial charge in [0.1, 0.15) is 5.56 Å². The molecular weight excluding hydrogens is 263 g/mol. The number of rotatable bonds is 5. The molecule has 0 saturated carbocycles. The Bertz CT molecular complexity index is 632. The zero-order valence-corrected chi connectivity index (χ0v) is 10.8. The molecule has 0 saturated heterocycles. The average molecular weight is 276 g/mol. The van der Waals surface area contributed by atoms with Crippen LogP contribution in [0.5, 0.6) is 0 Å². The Morgan fingerprint density at radius 3 is 2.85 bits per heavy atom. The number of anilines is 2. The van der Waals surface area contributed by atoms with E-state index in [0.717, 1.165) is 11.6 Å². The fraction of sp³-hybridized carbons (Fsp3) is 0.143. The van der Waals surface area contributed by atoms with E-state index in [0.29, 0.717) is 12.3 Å². The largest absolute Gasteiger partial charge is 0.478 e. The summed E-state index contributed by atoms with van der Waals surface area (Å²) in [5.41, 5.74) is 1.01. The van der Waals surface area contributed by atoms with Gasteiger partial charge in [0.2, 0.25) is 0 Å². The number of pyridine rings is 1. The summed E-state index contributed by atoms with van der Waals surface area (Å²) in [7, 11) is 1.56. The van der Waals surface area contributed by atoms with Crippen LogP contribution in [0, 0.1) is 5.82 Å². The number of methoxy groups -OCH3 is 1. The van der Waals surface area contributed by atoms with Gasteiger partial charge in [-0.2, -0.15) is 0 Å². The number of carboxylic acids is 1. The SMILES string of the molecule is COCc1ccccc1Nc1nccc(C(=O)O)c1F. The highest BCUT2D eigenvalue weighted by molar-refractivity contribution is 5.89. The number of ether oxygens (including phenoxy) is 1. The second-order valence-corrected chi connectivity index (χ2v) is 4.04. The van der Waals surface area contributed by atoms with Gasteiger partial charge >= 0.3 is 5.97 Å². The van der Waals surface area contributed by atoms with E-state index in [4.69, 9.17) is 9.84 Å². The van der Waals surface area contributed by atoms with Crippen LogP contribution >= 0.6 is 0 Å². The van der Waals surface area contributed by atoms with Gasteiger partial charge in [0.25, 0.3) is 0 Å². The highest BCUT2D eigenvalue weighted by Gasteiger charge is 2.15. The van der Waals surface area contributed by atoms with Crippen molar-refractivity contribution in [1.82, 2.24) is 4.98 Å². The molecule has 0 amide bonds. The number of aromatic carboxylic acids is 1. The summed E-state index contributed by atoms with van der Waals surface area (Å²) in [6, 6.07) is 8.29. The van der Waals surface area contributed by atoms with E-state index in [2.05, 4.69) is 10.3 Å². The molecule has 6 heteroatoms. The minimum Gasteiger partial charge on any atom is -0.478 e. The molecule has 0 aliphatic heterocycles. The first kappa shape index (κ1) is 14.0. The number of aromatic nitrogens is 1. The number of nitrogens with one attached hydrogen (secondary N) is 1. The number of carbonyl (C=O) groups is 1. The van der Waals surface area contributed by atoms with E-state index >= 15 is 0 Å². The Morgan fingerprint density at radius 2 is 2.15 bits per heavy atom. The zero-order valence-electron chi connectivity index (χ0n) is 10.8. The van der Waals surface area contributed by atoms with Crippen LogP contribution in [0.3, 0.4) is 0 Å². The molecule has 1 heterocycles. The van der Waals surface area contributed by atoms with Crippen LogP contribution in [-0.2, 0) is 11.3 Å². The van der Waals surface area contributed by atoms with Gasteiger partial charge in [-0.3, -0.25) is 0 Å². The standard InChI is InChI=1S/C14H13FN2O3/c1-20-8-9-4-2-3-5-11(9)17-13-12(15)10(14(18)19)6-7-16-13/h2-7H,8H2,1H3,(H,16,17)(H,18,19). The van der Waals surface area contributed by atoms with Crippen LogP contribution in [0.1, 0.15) is 15.9 Å². The Labute approximate surface area is 115 Å². The number of hydrogen-bond donors (Lipinski definition) is 2. The molecule has 2 rings (SSSR count). The molecule has 2 N–H and O–H groups in total. The van der Waals surface area contributed by atoms with Gasteiger partial charge in [-0.15, -0.1) is 0 Å². The average Bonchev–Trinajstić information content (AvgIpc) is 2.43. The maximum atomic E-state index is 14.0. The third-order valence-corrected chi connectivity index (χ3v) is 2.69. The van der Waals surface area contributed by atoms with E-state index in [1.807, 2.05) is 12.1 Å². The van der Waals surface area contributed by atoms with Crippen LogP contribution in [0.25, 0.3) is 0 Å². The first-order chi connectivity index (χ1) is 9.63. The molecule has 5 nitrogen and oxygen atoms in total. The fourth-order valence-electron chi connectivity index (χ4n) is 1.75. The predicted octanol–water partition coefficient (Wildman–Crippen LogP) is 2.81. The number of nitrogens with zero attached hydrogens (tertiary/aromatic N) is 1. The van der Waals surface area contributed by atoms with E-state index in [-0.39, 0.29) is 5.82 Å². The molecule has 2 aromatic rings. The molecule has 0 aliphatic rings. The van der Waals surface area contributed by atoms with E-state index in [1.165, 1.54) is 6.20 Å². The first-order valence-corrected chi connectivity index (χ1v) is 5.85. The van der Waals surface area contributed by atoms with Crippen molar-refractivity contribution in [1.29, 1.82) is 0 Å². The van der Waals surface area contributed by atoms with Crippen molar-refractivity contribution in [3.8, 4) is 0 Å². The number of carboxylic acid groups (broad SMARTS) is 1. The normalized spacial score (nSPS) is 10.3. The highest BCUT2D eigenvalue weighted by Crippen LogP contribution is 2.23. The van der Waals surface area contributed by atoms with Crippen molar-refractivity contribution in [2.45, 2.75) is 6.61 Å². The number of halogens is 1. The second-order valence-electron chi connectivity index (χ2n) is 4.04. The van der Waals surface area contributed by atoms with Gasteiger partial charge in [0, 0.05) is 24.6 Å². The molecule has 104 valence electrons. The summed E-state index contributed by atoms with van der Waals surface area (Å²) in [6.07, 6.45) is 1.24. The summed E-state index contributed by atoms with van der Waals surface area (Å²) in [4.78, 5) is 14.7. The lowest BCUT2D eigenvalue weighted by molar-refractivity contribution is 0.0692. The number of benzene rings is 1. The van der Waals surface area contributed by atoms with Crippen molar-refractivity contribution < 1.29 is 19.0 Å². The van der Waals surface area contributed by atoms with Crippen molar-refractivity contribution in [2.75, 3.05) is 12.4 Å². The highest BCUT2D eigenvalue weighted by atomic mass is 19.1. The summed E-state index contributed by atoms with van der Waals surface area (Å²) in [6.45, 7) is 0.351. The van der Waals surface area contributed by atoms with Crippen molar-refractivity contribution in [3.05, 3.63) is 53.5 Å². The van der Waals surface area contributed by atoms with Crippen LogP contribution < -0.4 is 5.32 Å². The molecule has 0 spiro atoms. The van der Waals surface area contributed by atoms with E-state index < -0.39 is 17.3 Å². The summed E-state index contributed by atoms with van der Waals surface area (Å²) >= 11 is 0. The Morgan fingerprint density at radius 1 is 1.40 bits per heavy atom. The van der Waals surface area contributed by atoms with Crippen LogP contribution in [0.15, 0.2) is 36.5 Å². The molecule has 1 aromatic heterocycles. The van der Waals surface area contributed by atoms with Gasteiger partial charge < -0.3 is 15.2 Å². The Kier molecular flexibility index (Phi) is 4.27.